The molecule has 2 atom stereocenters. The van der Waals surface area contributed by atoms with Crippen LogP contribution in [-0.4, -0.2) is 0 Å². The first-order chi connectivity index (χ1) is 16.7. The van der Waals surface area contributed by atoms with E-state index in [1.54, 1.807) is 22.3 Å². The summed E-state index contributed by atoms with van der Waals surface area (Å²) in [5.74, 6) is 0. The molecule has 0 nitrogen and oxygen atoms in total. The molecule has 0 bridgehead atoms. The van der Waals surface area contributed by atoms with Gasteiger partial charge in [-0.1, -0.05) is 0 Å². The van der Waals surface area contributed by atoms with E-state index in [9.17, 15) is 0 Å². The Bertz CT molecular complexity index is 1340. The molecule has 0 N–H and O–H groups in total. The Hall–Kier alpha value is -1.66. The third kappa shape index (κ3) is 4.60. The van der Waals surface area contributed by atoms with E-state index in [4.69, 9.17) is 0 Å². The van der Waals surface area contributed by atoms with Gasteiger partial charge in [-0.25, -0.2) is 0 Å². The van der Waals surface area contributed by atoms with Crippen molar-refractivity contribution in [2.75, 3.05) is 0 Å². The van der Waals surface area contributed by atoms with E-state index in [1.165, 1.54) is 33.4 Å². The number of rotatable bonds is 2. The van der Waals surface area contributed by atoms with Crippen molar-refractivity contribution in [1.29, 1.82) is 0 Å². The van der Waals surface area contributed by atoms with E-state index in [0.29, 0.717) is 7.25 Å². The van der Waals surface area contributed by atoms with E-state index in [2.05, 4.69) is 126 Å². The zero-order valence-corrected chi connectivity index (χ0v) is 26.5. The van der Waals surface area contributed by atoms with Gasteiger partial charge in [0.2, 0.25) is 0 Å². The Morgan fingerprint density at radius 3 is 1.19 bits per heavy atom. The summed E-state index contributed by atoms with van der Waals surface area (Å²) in [5.41, 5.74) is 15.6. The predicted octanol–water partition coefficient (Wildman–Crippen LogP) is 3.21. The Morgan fingerprint density at radius 2 is 0.811 bits per heavy atom. The van der Waals surface area contributed by atoms with Crippen molar-refractivity contribution in [2.45, 2.75) is 59.6 Å². The fourth-order valence-corrected chi connectivity index (χ4v) is 11.3. The zero-order valence-electron chi connectivity index (χ0n) is 22.5. The summed E-state index contributed by atoms with van der Waals surface area (Å²) in [4.78, 5) is 0. The molecule has 0 saturated heterocycles. The molecule has 0 radical (unpaired) electrons. The van der Waals surface area contributed by atoms with Gasteiger partial charge >= 0.3 is 223 Å². The van der Waals surface area contributed by atoms with Crippen molar-refractivity contribution in [1.82, 2.24) is 0 Å². The first-order valence-corrected chi connectivity index (χ1v) is 15.7. The van der Waals surface area contributed by atoms with E-state index in [0.717, 1.165) is 0 Å². The maximum Gasteiger partial charge on any atom is -1.00 e. The molecule has 2 aliphatic carbocycles. The number of hydrogen-bond acceptors (Lipinski definition) is 0. The van der Waals surface area contributed by atoms with Crippen LogP contribution < -0.4 is 24.8 Å². The van der Waals surface area contributed by atoms with Crippen LogP contribution in [0.3, 0.4) is 0 Å². The normalized spacial score (nSPS) is 16.9. The minimum Gasteiger partial charge on any atom is -1.00 e. The van der Waals surface area contributed by atoms with Crippen molar-refractivity contribution in [3.63, 3.8) is 0 Å². The summed E-state index contributed by atoms with van der Waals surface area (Å²) < 4.78 is 1.16. The van der Waals surface area contributed by atoms with Gasteiger partial charge in [0.15, 0.2) is 0 Å². The second kappa shape index (κ2) is 10.1. The van der Waals surface area contributed by atoms with Crippen LogP contribution in [0, 0.1) is 0 Å². The van der Waals surface area contributed by atoms with Crippen molar-refractivity contribution >= 4 is 0 Å². The standard InChI is InChI=1S/2C17H17.2ClH.Zr/c2*1-17(2,3)15-10-6-8-13-11-12-7-4-5-9-14(12)16(13)15;;;/h2*4-11H,1-3H3;2*1H;/q;;;;+2/p-2. The van der Waals surface area contributed by atoms with Crippen LogP contribution in [0.2, 0.25) is 0 Å². The second-order valence-corrected chi connectivity index (χ2v) is 15.9. The number of benzene rings is 4. The van der Waals surface area contributed by atoms with Crippen LogP contribution in [-0.2, 0) is 34.1 Å². The average molecular weight is 605 g/mol. The van der Waals surface area contributed by atoms with Crippen molar-refractivity contribution in [2.24, 2.45) is 0 Å². The topological polar surface area (TPSA) is 0 Å². The Balaban J connectivity index is 0.00000160. The smallest absolute Gasteiger partial charge is 1.00 e. The molecule has 6 rings (SSSR count). The molecular weight excluding hydrogens is 571 g/mol. The fraction of sp³-hybridized carbons (Fsp3) is 0.294. The number of fused-ring (bicyclic) bond motifs is 6. The SMILES string of the molecule is CC(C)(C)c1cccc2c1-c1ccccc1[CH]2[Zr+2][CH]1c2ccccc2-c2c1cccc2C(C)(C)C.[Cl-].[Cl-]. The molecule has 0 amide bonds. The van der Waals surface area contributed by atoms with E-state index < -0.39 is 23.2 Å². The molecule has 37 heavy (non-hydrogen) atoms. The molecular formula is C34H34Cl2Zr. The zero-order chi connectivity index (χ0) is 24.5. The molecule has 3 heteroatoms. The maximum atomic E-state index is 2.43. The van der Waals surface area contributed by atoms with E-state index >= 15 is 0 Å². The number of hydrogen-bond donors (Lipinski definition) is 0. The van der Waals surface area contributed by atoms with Gasteiger partial charge in [0.1, 0.15) is 0 Å². The monoisotopic (exact) mass is 602 g/mol. The molecule has 2 aliphatic rings. The summed E-state index contributed by atoms with van der Waals surface area (Å²) in [6.07, 6.45) is 0. The number of halogens is 2. The van der Waals surface area contributed by atoms with Gasteiger partial charge in [0, 0.05) is 0 Å². The molecule has 0 spiro atoms. The minimum atomic E-state index is -0.970. The van der Waals surface area contributed by atoms with Gasteiger partial charge in [-0.15, -0.1) is 0 Å². The summed E-state index contributed by atoms with van der Waals surface area (Å²) >= 11 is -0.970. The van der Waals surface area contributed by atoms with E-state index in [-0.39, 0.29) is 35.6 Å². The third-order valence-corrected chi connectivity index (χ3v) is 12.5. The second-order valence-electron chi connectivity index (χ2n) is 12.2. The summed E-state index contributed by atoms with van der Waals surface area (Å²) in [6, 6.07) is 32.7. The molecule has 4 aromatic carbocycles. The summed E-state index contributed by atoms with van der Waals surface area (Å²) in [5, 5.41) is 0. The molecule has 2 unspecified atom stereocenters. The average Bonchev–Trinajstić information content (AvgIpc) is 3.31. The summed E-state index contributed by atoms with van der Waals surface area (Å²) in [7, 11) is 0. The largest absolute Gasteiger partial charge is 1.00 e. The van der Waals surface area contributed by atoms with Crippen molar-refractivity contribution in [3.8, 4) is 22.3 Å². The molecule has 188 valence electrons. The van der Waals surface area contributed by atoms with Crippen molar-refractivity contribution in [3.05, 3.63) is 118 Å². The maximum absolute atomic E-state index is 2.43. The molecule has 0 aliphatic heterocycles. The van der Waals surface area contributed by atoms with Gasteiger partial charge in [0.05, 0.1) is 0 Å². The van der Waals surface area contributed by atoms with Crippen LogP contribution in [0.4, 0.5) is 0 Å². The molecule has 0 fully saturated rings. The molecule has 4 aromatic rings. The Morgan fingerprint density at radius 1 is 0.459 bits per heavy atom. The van der Waals surface area contributed by atoms with Crippen LogP contribution >= 0.6 is 0 Å². The summed E-state index contributed by atoms with van der Waals surface area (Å²) in [6.45, 7) is 14.1. The van der Waals surface area contributed by atoms with Gasteiger partial charge in [-0.3, -0.25) is 0 Å². The van der Waals surface area contributed by atoms with Crippen molar-refractivity contribution < 1.29 is 48.0 Å². The predicted molar refractivity (Wildman–Crippen MR) is 145 cm³/mol. The van der Waals surface area contributed by atoms with Crippen LogP contribution in [0.15, 0.2) is 84.9 Å². The minimum absolute atomic E-state index is 0. The van der Waals surface area contributed by atoms with Gasteiger partial charge in [0.25, 0.3) is 0 Å². The van der Waals surface area contributed by atoms with Crippen LogP contribution in [0.5, 0.6) is 0 Å². The first-order valence-electron chi connectivity index (χ1n) is 12.9. The van der Waals surface area contributed by atoms with Crippen LogP contribution in [0.1, 0.15) is 82.2 Å². The Kier molecular flexibility index (Phi) is 7.78. The van der Waals surface area contributed by atoms with Gasteiger partial charge < -0.3 is 24.8 Å². The van der Waals surface area contributed by atoms with Gasteiger partial charge in [-0.05, 0) is 0 Å². The third-order valence-electron chi connectivity index (χ3n) is 7.85. The fourth-order valence-electron chi connectivity index (χ4n) is 6.29. The quantitative estimate of drug-likeness (QED) is 0.330. The molecule has 0 saturated carbocycles. The first kappa shape index (κ1) is 28.4. The van der Waals surface area contributed by atoms with Crippen LogP contribution in [0.25, 0.3) is 22.3 Å². The van der Waals surface area contributed by atoms with E-state index in [1.807, 2.05) is 0 Å². The molecule has 0 heterocycles. The van der Waals surface area contributed by atoms with Gasteiger partial charge in [-0.2, -0.15) is 0 Å². The Labute approximate surface area is 246 Å². The molecule has 0 aromatic heterocycles.